The maximum atomic E-state index is 12.0. The summed E-state index contributed by atoms with van der Waals surface area (Å²) >= 11 is 0. The fourth-order valence-electron chi connectivity index (χ4n) is 2.49. The van der Waals surface area contributed by atoms with Crippen LogP contribution in [-0.4, -0.2) is 25.2 Å². The molecule has 2 aromatic rings. The van der Waals surface area contributed by atoms with E-state index < -0.39 is 10.0 Å². The molecule has 0 unspecified atom stereocenters. The van der Waals surface area contributed by atoms with Gasteiger partial charge in [-0.05, 0) is 38.0 Å². The van der Waals surface area contributed by atoms with Gasteiger partial charge in [0, 0.05) is 12.6 Å². The van der Waals surface area contributed by atoms with Crippen molar-refractivity contribution >= 4 is 21.5 Å². The monoisotopic (exact) mass is 361 g/mol. The molecule has 0 radical (unpaired) electrons. The molecular weight excluding hydrogens is 334 g/mol. The molecule has 0 fully saturated rings. The normalized spacial score (nSPS) is 11.5. The zero-order valence-electron chi connectivity index (χ0n) is 15.1. The van der Waals surface area contributed by atoms with E-state index in [1.165, 1.54) is 5.56 Å². The molecule has 0 amide bonds. The minimum atomic E-state index is -3.30. The molecule has 0 aliphatic heterocycles. The third-order valence-electron chi connectivity index (χ3n) is 3.90. The van der Waals surface area contributed by atoms with Crippen molar-refractivity contribution in [3.8, 4) is 0 Å². The van der Waals surface area contributed by atoms with Gasteiger partial charge in [0.1, 0.15) is 5.82 Å². The number of nitrogens with zero attached hydrogens (tertiary/aromatic N) is 2. The second kappa shape index (κ2) is 8.85. The molecule has 1 heterocycles. The van der Waals surface area contributed by atoms with Gasteiger partial charge in [-0.25, -0.2) is 13.4 Å². The lowest BCUT2D eigenvalue weighted by molar-refractivity contribution is 0.598. The van der Waals surface area contributed by atoms with Crippen molar-refractivity contribution < 1.29 is 8.42 Å². The number of anilines is 2. The molecule has 5 nitrogen and oxygen atoms in total. The number of aromatic nitrogens is 1. The van der Waals surface area contributed by atoms with E-state index in [0.717, 1.165) is 18.8 Å². The SMILES string of the molecule is CCCCS(=O)(=O)Nc1ccc(N(Cc2ccccc2)C(C)C)nc1. The summed E-state index contributed by atoms with van der Waals surface area (Å²) in [5.74, 6) is 0.965. The van der Waals surface area contributed by atoms with E-state index in [9.17, 15) is 8.42 Å². The molecule has 0 saturated heterocycles. The third-order valence-corrected chi connectivity index (χ3v) is 5.27. The molecule has 1 N–H and O–H groups in total. The molecule has 0 atom stereocenters. The molecular formula is C19H27N3O2S. The van der Waals surface area contributed by atoms with Gasteiger partial charge in [-0.15, -0.1) is 0 Å². The fourth-order valence-corrected chi connectivity index (χ4v) is 3.74. The Bertz CT molecular complexity index is 744. The Morgan fingerprint density at radius 3 is 2.40 bits per heavy atom. The summed E-state index contributed by atoms with van der Waals surface area (Å²) < 4.78 is 26.5. The van der Waals surface area contributed by atoms with Gasteiger partial charge in [0.05, 0.1) is 17.6 Å². The summed E-state index contributed by atoms with van der Waals surface area (Å²) in [7, 11) is -3.30. The van der Waals surface area contributed by atoms with Crippen LogP contribution in [0.3, 0.4) is 0 Å². The summed E-state index contributed by atoms with van der Waals surface area (Å²) in [6.45, 7) is 6.96. The van der Waals surface area contributed by atoms with Crippen molar-refractivity contribution in [1.29, 1.82) is 0 Å². The van der Waals surface area contributed by atoms with Gasteiger partial charge in [-0.3, -0.25) is 4.72 Å². The van der Waals surface area contributed by atoms with Gasteiger partial charge in [0.25, 0.3) is 0 Å². The molecule has 6 heteroatoms. The predicted octanol–water partition coefficient (Wildman–Crippen LogP) is 4.04. The van der Waals surface area contributed by atoms with E-state index in [1.54, 1.807) is 12.3 Å². The zero-order valence-corrected chi connectivity index (χ0v) is 16.0. The Morgan fingerprint density at radius 2 is 1.84 bits per heavy atom. The summed E-state index contributed by atoms with van der Waals surface area (Å²) in [6, 6.07) is 14.1. The van der Waals surface area contributed by atoms with E-state index in [-0.39, 0.29) is 11.8 Å². The Labute approximate surface area is 151 Å². The van der Waals surface area contributed by atoms with Crippen molar-refractivity contribution in [1.82, 2.24) is 4.98 Å². The molecule has 25 heavy (non-hydrogen) atoms. The number of nitrogens with one attached hydrogen (secondary N) is 1. The molecule has 2 rings (SSSR count). The smallest absolute Gasteiger partial charge is 0.232 e. The van der Waals surface area contributed by atoms with Crippen molar-refractivity contribution in [3.05, 3.63) is 54.2 Å². The summed E-state index contributed by atoms with van der Waals surface area (Å²) in [6.07, 6.45) is 3.08. The van der Waals surface area contributed by atoms with Crippen molar-refractivity contribution in [2.24, 2.45) is 0 Å². The van der Waals surface area contributed by atoms with E-state index in [1.807, 2.05) is 31.2 Å². The first-order valence-electron chi connectivity index (χ1n) is 8.68. The summed E-state index contributed by atoms with van der Waals surface area (Å²) in [4.78, 5) is 6.65. The van der Waals surface area contributed by atoms with E-state index in [2.05, 4.69) is 40.6 Å². The topological polar surface area (TPSA) is 62.3 Å². The van der Waals surface area contributed by atoms with Crippen molar-refractivity contribution in [2.75, 3.05) is 15.4 Å². The Hall–Kier alpha value is -2.08. The fraction of sp³-hybridized carbons (Fsp3) is 0.421. The molecule has 0 aliphatic carbocycles. The second-order valence-electron chi connectivity index (χ2n) is 6.39. The number of sulfonamides is 1. The second-order valence-corrected chi connectivity index (χ2v) is 8.23. The van der Waals surface area contributed by atoms with E-state index >= 15 is 0 Å². The van der Waals surface area contributed by atoms with Crippen molar-refractivity contribution in [3.63, 3.8) is 0 Å². The largest absolute Gasteiger partial charge is 0.350 e. The Balaban J connectivity index is 2.10. The van der Waals surface area contributed by atoms with Crippen LogP contribution in [0.5, 0.6) is 0 Å². The Kier molecular flexibility index (Phi) is 6.82. The number of rotatable bonds is 9. The van der Waals surface area contributed by atoms with Gasteiger partial charge in [0.15, 0.2) is 0 Å². The van der Waals surface area contributed by atoms with Crippen LogP contribution in [0.25, 0.3) is 0 Å². The third kappa shape index (κ3) is 6.05. The summed E-state index contributed by atoms with van der Waals surface area (Å²) in [5.41, 5.74) is 1.71. The molecule has 0 aliphatic rings. The van der Waals surface area contributed by atoms with Gasteiger partial charge in [-0.2, -0.15) is 0 Å². The van der Waals surface area contributed by atoms with Gasteiger partial charge >= 0.3 is 0 Å². The molecule has 0 bridgehead atoms. The van der Waals surface area contributed by atoms with Gasteiger partial charge < -0.3 is 4.90 Å². The average Bonchev–Trinajstić information content (AvgIpc) is 2.59. The minimum Gasteiger partial charge on any atom is -0.350 e. The van der Waals surface area contributed by atoms with Gasteiger partial charge in [-0.1, -0.05) is 43.7 Å². The number of hydrogen-bond acceptors (Lipinski definition) is 4. The number of hydrogen-bond donors (Lipinski definition) is 1. The van der Waals surface area contributed by atoms with E-state index in [4.69, 9.17) is 0 Å². The predicted molar refractivity (Wildman–Crippen MR) is 104 cm³/mol. The molecule has 0 saturated carbocycles. The summed E-state index contributed by atoms with van der Waals surface area (Å²) in [5, 5.41) is 0. The molecule has 1 aromatic carbocycles. The van der Waals surface area contributed by atoms with E-state index in [0.29, 0.717) is 12.1 Å². The first-order valence-corrected chi connectivity index (χ1v) is 10.3. The molecule has 1 aromatic heterocycles. The van der Waals surface area contributed by atoms with Crippen LogP contribution in [0, 0.1) is 0 Å². The van der Waals surface area contributed by atoms with Crippen LogP contribution < -0.4 is 9.62 Å². The van der Waals surface area contributed by atoms with Crippen LogP contribution >= 0.6 is 0 Å². The van der Waals surface area contributed by atoms with Crippen LogP contribution in [0.2, 0.25) is 0 Å². The van der Waals surface area contributed by atoms with Crippen LogP contribution in [0.1, 0.15) is 39.2 Å². The highest BCUT2D eigenvalue weighted by molar-refractivity contribution is 7.92. The van der Waals surface area contributed by atoms with Crippen LogP contribution in [-0.2, 0) is 16.6 Å². The zero-order chi connectivity index (χ0) is 18.3. The van der Waals surface area contributed by atoms with Crippen molar-refractivity contribution in [2.45, 2.75) is 46.2 Å². The Morgan fingerprint density at radius 1 is 1.12 bits per heavy atom. The van der Waals surface area contributed by atoms with Crippen LogP contribution in [0.4, 0.5) is 11.5 Å². The lowest BCUT2D eigenvalue weighted by atomic mass is 10.2. The first-order chi connectivity index (χ1) is 11.9. The molecule has 0 spiro atoms. The molecule has 136 valence electrons. The van der Waals surface area contributed by atoms with Crippen LogP contribution in [0.15, 0.2) is 48.7 Å². The standard InChI is InChI=1S/C19H27N3O2S/c1-4-5-13-25(23,24)21-18-11-12-19(20-14-18)22(16(2)3)15-17-9-7-6-8-10-17/h6-12,14,16,21H,4-5,13,15H2,1-3H3. The highest BCUT2D eigenvalue weighted by Gasteiger charge is 2.14. The quantitative estimate of drug-likeness (QED) is 0.732. The first kappa shape index (κ1) is 19.2. The highest BCUT2D eigenvalue weighted by Crippen LogP contribution is 2.20. The number of unbranched alkanes of at least 4 members (excludes halogenated alkanes) is 1. The lowest BCUT2D eigenvalue weighted by Gasteiger charge is -2.28. The average molecular weight is 362 g/mol. The maximum Gasteiger partial charge on any atom is 0.232 e. The number of pyridine rings is 1. The van der Waals surface area contributed by atoms with Gasteiger partial charge in [0.2, 0.25) is 10.0 Å². The lowest BCUT2D eigenvalue weighted by Crippen LogP contribution is -2.30. The highest BCUT2D eigenvalue weighted by atomic mass is 32.2. The maximum absolute atomic E-state index is 12.0. The number of benzene rings is 1. The minimum absolute atomic E-state index is 0.136.